The molecule has 24 heavy (non-hydrogen) atoms. The highest BCUT2D eigenvalue weighted by atomic mass is 16.3. The number of fused-ring (bicyclic) bond motifs is 1. The first kappa shape index (κ1) is 16.6. The minimum absolute atomic E-state index is 0.328. The fraction of sp³-hybridized carbons (Fsp3) is 0.500. The van der Waals surface area contributed by atoms with Crippen molar-refractivity contribution < 1.29 is 4.42 Å². The molecule has 126 valence electrons. The molecule has 0 unspecified atom stereocenters. The highest BCUT2D eigenvalue weighted by Crippen LogP contribution is 2.34. The zero-order chi connectivity index (χ0) is 16.8. The van der Waals surface area contributed by atoms with Crippen LogP contribution in [0.3, 0.4) is 0 Å². The van der Waals surface area contributed by atoms with Crippen LogP contribution >= 0.6 is 0 Å². The van der Waals surface area contributed by atoms with E-state index in [-0.39, 0.29) is 0 Å². The fourth-order valence-corrected chi connectivity index (χ4v) is 3.63. The summed E-state index contributed by atoms with van der Waals surface area (Å²) in [6, 6.07) is 6.01. The summed E-state index contributed by atoms with van der Waals surface area (Å²) in [5.41, 5.74) is 9.64. The first-order valence-corrected chi connectivity index (χ1v) is 9.06. The molecule has 0 bridgehead atoms. The lowest BCUT2D eigenvalue weighted by molar-refractivity contribution is 0.555. The van der Waals surface area contributed by atoms with Gasteiger partial charge in [-0.05, 0) is 43.4 Å². The molecule has 0 saturated carbocycles. The second kappa shape index (κ2) is 8.01. The Morgan fingerprint density at radius 1 is 1.00 bits per heavy atom. The summed E-state index contributed by atoms with van der Waals surface area (Å²) in [7, 11) is 0. The molecule has 4 nitrogen and oxygen atoms in total. The number of hydrogen-bond acceptors (Lipinski definition) is 4. The highest BCUT2D eigenvalue weighted by Gasteiger charge is 2.21. The number of nitrogens with two attached hydrogens (primary N) is 1. The van der Waals surface area contributed by atoms with Crippen LogP contribution in [0.15, 0.2) is 22.8 Å². The Labute approximate surface area is 143 Å². The van der Waals surface area contributed by atoms with E-state index < -0.39 is 0 Å². The Morgan fingerprint density at radius 2 is 1.67 bits per heavy atom. The normalized spacial score (nSPS) is 16.5. The fourth-order valence-electron chi connectivity index (χ4n) is 3.63. The molecule has 2 N–H and O–H groups in total. The number of aromatic nitrogens is 1. The number of pyridine rings is 1. The number of hydrogen-bond donors (Lipinski definition) is 1. The van der Waals surface area contributed by atoms with Crippen LogP contribution < -0.4 is 5.73 Å². The van der Waals surface area contributed by atoms with Crippen molar-refractivity contribution >= 4 is 5.82 Å². The van der Waals surface area contributed by atoms with E-state index in [0.717, 1.165) is 48.3 Å². The van der Waals surface area contributed by atoms with Crippen LogP contribution in [0.4, 0.5) is 5.82 Å². The summed E-state index contributed by atoms with van der Waals surface area (Å²) in [5.74, 6) is 1.05. The van der Waals surface area contributed by atoms with Gasteiger partial charge in [-0.2, -0.15) is 5.26 Å². The first-order chi connectivity index (χ1) is 11.8. The lowest BCUT2D eigenvalue weighted by Gasteiger charge is -2.17. The molecule has 0 atom stereocenters. The van der Waals surface area contributed by atoms with Gasteiger partial charge in [-0.25, -0.2) is 4.98 Å². The van der Waals surface area contributed by atoms with E-state index in [4.69, 9.17) is 10.2 Å². The smallest absolute Gasteiger partial charge is 0.142 e. The predicted octanol–water partition coefficient (Wildman–Crippen LogP) is 5.01. The van der Waals surface area contributed by atoms with Gasteiger partial charge in [-0.15, -0.1) is 0 Å². The first-order valence-electron chi connectivity index (χ1n) is 9.06. The van der Waals surface area contributed by atoms with E-state index in [1.807, 2.05) is 12.1 Å². The van der Waals surface area contributed by atoms with E-state index in [1.54, 1.807) is 6.26 Å². The minimum Gasteiger partial charge on any atom is -0.464 e. The van der Waals surface area contributed by atoms with Crippen molar-refractivity contribution in [3.8, 4) is 17.4 Å². The Bertz CT molecular complexity index is 713. The second-order valence-corrected chi connectivity index (χ2v) is 6.59. The molecule has 1 aliphatic carbocycles. The van der Waals surface area contributed by atoms with Crippen LogP contribution in [0.25, 0.3) is 11.3 Å². The van der Waals surface area contributed by atoms with E-state index in [0.29, 0.717) is 11.4 Å². The molecule has 0 saturated heterocycles. The highest BCUT2D eigenvalue weighted by molar-refractivity contribution is 5.76. The van der Waals surface area contributed by atoms with Gasteiger partial charge in [0.2, 0.25) is 0 Å². The molecule has 2 aromatic heterocycles. The van der Waals surface area contributed by atoms with Gasteiger partial charge in [0, 0.05) is 11.3 Å². The molecule has 2 aromatic rings. The molecule has 4 heteroatoms. The zero-order valence-corrected chi connectivity index (χ0v) is 14.2. The molecule has 0 spiro atoms. The Hall–Kier alpha value is -2.28. The number of nitrogens with zero attached hydrogens (tertiary/aromatic N) is 2. The van der Waals surface area contributed by atoms with Crippen molar-refractivity contribution in [1.82, 2.24) is 4.98 Å². The average Bonchev–Trinajstić information content (AvgIpc) is 3.09. The summed E-state index contributed by atoms with van der Waals surface area (Å²) in [4.78, 5) is 4.60. The van der Waals surface area contributed by atoms with Crippen LogP contribution in [0.5, 0.6) is 0 Å². The molecule has 0 fully saturated rings. The van der Waals surface area contributed by atoms with Crippen molar-refractivity contribution in [3.05, 3.63) is 35.2 Å². The van der Waals surface area contributed by atoms with Gasteiger partial charge in [-0.1, -0.05) is 38.5 Å². The third kappa shape index (κ3) is 3.62. The van der Waals surface area contributed by atoms with E-state index >= 15 is 0 Å². The molecule has 3 rings (SSSR count). The van der Waals surface area contributed by atoms with Crippen LogP contribution in [-0.4, -0.2) is 4.98 Å². The second-order valence-electron chi connectivity index (χ2n) is 6.59. The summed E-state index contributed by atoms with van der Waals surface area (Å²) in [5, 5.41) is 9.60. The SMILES string of the molecule is N#Cc1c(N)nc2c(c1-c1ccco1)CCCCCCCCCC2. The monoisotopic (exact) mass is 323 g/mol. The largest absolute Gasteiger partial charge is 0.464 e. The maximum atomic E-state index is 9.60. The maximum Gasteiger partial charge on any atom is 0.142 e. The molecule has 0 aliphatic heterocycles. The summed E-state index contributed by atoms with van der Waals surface area (Å²) in [6.07, 6.45) is 13.5. The standard InChI is InChI=1S/C20H25N3O/c21-14-16-19(18-12-9-13-24-18)15-10-7-5-3-1-2-4-6-8-11-17(15)23-20(16)22/h9,12-13H,1-8,10-11H2,(H2,22,23). The molecular weight excluding hydrogens is 298 g/mol. The lowest BCUT2D eigenvalue weighted by Crippen LogP contribution is -2.08. The minimum atomic E-state index is 0.328. The van der Waals surface area contributed by atoms with Crippen molar-refractivity contribution in [3.63, 3.8) is 0 Å². The Balaban J connectivity index is 2.07. The topological polar surface area (TPSA) is 75.8 Å². The summed E-state index contributed by atoms with van der Waals surface area (Å²) < 4.78 is 5.62. The maximum absolute atomic E-state index is 9.60. The molecule has 0 aromatic carbocycles. The molecule has 0 amide bonds. The van der Waals surface area contributed by atoms with Gasteiger partial charge in [0.25, 0.3) is 0 Å². The van der Waals surface area contributed by atoms with Crippen molar-refractivity contribution in [1.29, 1.82) is 5.26 Å². The van der Waals surface area contributed by atoms with Crippen LogP contribution in [0.1, 0.15) is 68.2 Å². The number of anilines is 1. The quantitative estimate of drug-likeness (QED) is 0.800. The van der Waals surface area contributed by atoms with Gasteiger partial charge < -0.3 is 10.2 Å². The van der Waals surface area contributed by atoms with Gasteiger partial charge in [-0.3, -0.25) is 0 Å². The van der Waals surface area contributed by atoms with Crippen LogP contribution in [-0.2, 0) is 12.8 Å². The van der Waals surface area contributed by atoms with Gasteiger partial charge in [0.05, 0.1) is 6.26 Å². The number of furan rings is 1. The number of nitriles is 1. The van der Waals surface area contributed by atoms with Crippen molar-refractivity contribution in [2.75, 3.05) is 5.73 Å². The van der Waals surface area contributed by atoms with E-state index in [1.165, 1.54) is 38.5 Å². The predicted molar refractivity (Wildman–Crippen MR) is 95.4 cm³/mol. The molecule has 1 aliphatic rings. The third-order valence-electron chi connectivity index (χ3n) is 4.88. The van der Waals surface area contributed by atoms with E-state index in [2.05, 4.69) is 11.1 Å². The summed E-state index contributed by atoms with van der Waals surface area (Å²) >= 11 is 0. The lowest BCUT2D eigenvalue weighted by atomic mass is 9.91. The Kier molecular flexibility index (Phi) is 5.53. The van der Waals surface area contributed by atoms with Crippen molar-refractivity contribution in [2.45, 2.75) is 64.2 Å². The van der Waals surface area contributed by atoms with Crippen LogP contribution in [0, 0.1) is 11.3 Å². The van der Waals surface area contributed by atoms with Gasteiger partial charge in [0.1, 0.15) is 23.2 Å². The number of aryl methyl sites for hydroxylation is 1. The van der Waals surface area contributed by atoms with Gasteiger partial charge >= 0.3 is 0 Å². The number of nitrogen functional groups attached to an aromatic ring is 1. The molecule has 2 heterocycles. The zero-order valence-electron chi connectivity index (χ0n) is 14.2. The third-order valence-corrected chi connectivity index (χ3v) is 4.88. The molecular formula is C20H25N3O. The molecule has 0 radical (unpaired) electrons. The summed E-state index contributed by atoms with van der Waals surface area (Å²) in [6.45, 7) is 0. The van der Waals surface area contributed by atoms with E-state index in [9.17, 15) is 5.26 Å². The average molecular weight is 323 g/mol. The Morgan fingerprint density at radius 3 is 2.29 bits per heavy atom. The van der Waals surface area contributed by atoms with Gasteiger partial charge in [0.15, 0.2) is 0 Å². The van der Waals surface area contributed by atoms with Crippen LogP contribution in [0.2, 0.25) is 0 Å². The van der Waals surface area contributed by atoms with Crippen molar-refractivity contribution in [2.24, 2.45) is 0 Å². The number of rotatable bonds is 1.